The van der Waals surface area contributed by atoms with Crippen molar-refractivity contribution < 1.29 is 4.74 Å². The number of benzene rings is 2. The van der Waals surface area contributed by atoms with E-state index in [1.807, 2.05) is 13.8 Å². The van der Waals surface area contributed by atoms with Gasteiger partial charge in [-0.25, -0.2) is 0 Å². The van der Waals surface area contributed by atoms with E-state index in [0.717, 1.165) is 16.0 Å². The van der Waals surface area contributed by atoms with Gasteiger partial charge in [-0.05, 0) is 31.9 Å². The minimum absolute atomic E-state index is 0.428. The highest BCUT2D eigenvalue weighted by molar-refractivity contribution is 7.99. The Balaban J connectivity index is 2.32. The van der Waals surface area contributed by atoms with E-state index in [9.17, 15) is 0 Å². The van der Waals surface area contributed by atoms with Crippen LogP contribution in [0.4, 0.5) is 0 Å². The van der Waals surface area contributed by atoms with Crippen LogP contribution < -0.4 is 4.74 Å². The SMILES string of the molecule is Cc1c(Cl)c(Cl)c2c(c1Cl)Oc1c(C)c(Cl)c(Cl)c(C)c1S2. The molecule has 0 aromatic heterocycles. The predicted molar refractivity (Wildman–Crippen MR) is 96.3 cm³/mol. The van der Waals surface area contributed by atoms with Crippen LogP contribution in [0, 0.1) is 20.8 Å². The molecule has 0 amide bonds. The first-order valence-corrected chi connectivity index (χ1v) is 8.97. The summed E-state index contributed by atoms with van der Waals surface area (Å²) in [7, 11) is 0. The third-order valence-electron chi connectivity index (χ3n) is 3.60. The highest BCUT2D eigenvalue weighted by Crippen LogP contribution is 2.58. The molecule has 0 aliphatic carbocycles. The zero-order chi connectivity index (χ0) is 16.3. The van der Waals surface area contributed by atoms with Crippen molar-refractivity contribution in [3.8, 4) is 11.5 Å². The molecule has 2 aromatic carbocycles. The van der Waals surface area contributed by atoms with E-state index in [1.165, 1.54) is 11.8 Å². The lowest BCUT2D eigenvalue weighted by molar-refractivity contribution is 0.450. The fraction of sp³-hybridized carbons (Fsp3) is 0.200. The zero-order valence-corrected chi connectivity index (χ0v) is 16.3. The van der Waals surface area contributed by atoms with Gasteiger partial charge in [-0.3, -0.25) is 0 Å². The van der Waals surface area contributed by atoms with Crippen LogP contribution in [0.5, 0.6) is 11.5 Å². The Morgan fingerprint density at radius 3 is 1.77 bits per heavy atom. The molecule has 7 heteroatoms. The van der Waals surface area contributed by atoms with Crippen molar-refractivity contribution in [2.24, 2.45) is 0 Å². The van der Waals surface area contributed by atoms with E-state index in [0.29, 0.717) is 47.1 Å². The van der Waals surface area contributed by atoms with Crippen LogP contribution in [-0.2, 0) is 0 Å². The van der Waals surface area contributed by atoms with Gasteiger partial charge in [0.1, 0.15) is 5.75 Å². The van der Waals surface area contributed by atoms with E-state index in [4.69, 9.17) is 62.7 Å². The van der Waals surface area contributed by atoms with Gasteiger partial charge in [0.25, 0.3) is 0 Å². The van der Waals surface area contributed by atoms with Gasteiger partial charge in [0.15, 0.2) is 5.75 Å². The van der Waals surface area contributed by atoms with Gasteiger partial charge >= 0.3 is 0 Å². The Labute approximate surface area is 157 Å². The van der Waals surface area contributed by atoms with Crippen molar-refractivity contribution in [3.63, 3.8) is 0 Å². The van der Waals surface area contributed by atoms with Gasteiger partial charge in [0, 0.05) is 5.56 Å². The Bertz CT molecular complexity index is 697. The predicted octanol–water partition coefficient (Wildman–Crippen LogP) is 8.14. The second-order valence-electron chi connectivity index (χ2n) is 4.97. The minimum Gasteiger partial charge on any atom is -0.453 e. The summed E-state index contributed by atoms with van der Waals surface area (Å²) >= 11 is 33.0. The van der Waals surface area contributed by atoms with Crippen molar-refractivity contribution in [2.75, 3.05) is 0 Å². The molecule has 1 nitrogen and oxygen atoms in total. The smallest absolute Gasteiger partial charge is 0.161 e. The van der Waals surface area contributed by atoms with Crippen LogP contribution in [0.3, 0.4) is 0 Å². The van der Waals surface area contributed by atoms with Gasteiger partial charge in [-0.2, -0.15) is 0 Å². The molecule has 116 valence electrons. The Morgan fingerprint density at radius 2 is 1.14 bits per heavy atom. The average molecular weight is 415 g/mol. The summed E-state index contributed by atoms with van der Waals surface area (Å²) in [6.07, 6.45) is 0. The summed E-state index contributed by atoms with van der Waals surface area (Å²) in [6.45, 7) is 5.54. The highest BCUT2D eigenvalue weighted by atomic mass is 35.5. The molecule has 0 bridgehead atoms. The molecular weight excluding hydrogens is 405 g/mol. The molecule has 0 N–H and O–H groups in total. The summed E-state index contributed by atoms with van der Waals surface area (Å²) in [5.41, 5.74) is 2.29. The summed E-state index contributed by atoms with van der Waals surface area (Å²) in [4.78, 5) is 1.56. The first-order chi connectivity index (χ1) is 10.3. The molecule has 3 rings (SSSR count). The second kappa shape index (κ2) is 5.84. The van der Waals surface area contributed by atoms with Gasteiger partial charge in [-0.1, -0.05) is 69.8 Å². The lowest BCUT2D eigenvalue weighted by atomic mass is 10.1. The van der Waals surface area contributed by atoms with Crippen LogP contribution in [0.1, 0.15) is 16.7 Å². The molecule has 0 saturated carbocycles. The summed E-state index contributed by atoms with van der Waals surface area (Å²) in [5.74, 6) is 1.16. The molecule has 1 heterocycles. The van der Waals surface area contributed by atoms with Crippen LogP contribution >= 0.6 is 69.8 Å². The van der Waals surface area contributed by atoms with Crippen LogP contribution in [0.2, 0.25) is 25.1 Å². The fourth-order valence-electron chi connectivity index (χ4n) is 2.23. The molecule has 0 atom stereocenters. The molecule has 0 saturated heterocycles. The Morgan fingerprint density at radius 1 is 0.591 bits per heavy atom. The molecular formula is C15H9Cl5OS. The maximum Gasteiger partial charge on any atom is 0.161 e. The normalized spacial score (nSPS) is 12.7. The van der Waals surface area contributed by atoms with Crippen LogP contribution in [0.25, 0.3) is 0 Å². The van der Waals surface area contributed by atoms with E-state index < -0.39 is 0 Å². The number of hydrogen-bond acceptors (Lipinski definition) is 2. The Kier molecular flexibility index (Phi) is 4.48. The molecule has 22 heavy (non-hydrogen) atoms. The summed E-state index contributed by atoms with van der Waals surface area (Å²) < 4.78 is 6.03. The van der Waals surface area contributed by atoms with Crippen molar-refractivity contribution in [3.05, 3.63) is 41.8 Å². The molecule has 0 spiro atoms. The highest BCUT2D eigenvalue weighted by Gasteiger charge is 2.30. The first-order valence-electron chi connectivity index (χ1n) is 6.26. The van der Waals surface area contributed by atoms with Crippen LogP contribution in [0.15, 0.2) is 9.79 Å². The second-order valence-corrected chi connectivity index (χ2v) is 7.88. The monoisotopic (exact) mass is 412 g/mol. The number of rotatable bonds is 0. The van der Waals surface area contributed by atoms with E-state index in [2.05, 4.69) is 0 Å². The average Bonchev–Trinajstić information content (AvgIpc) is 2.52. The molecule has 0 fully saturated rings. The third kappa shape index (κ3) is 2.31. The van der Waals surface area contributed by atoms with E-state index in [-0.39, 0.29) is 0 Å². The van der Waals surface area contributed by atoms with Crippen molar-refractivity contribution in [1.29, 1.82) is 0 Å². The van der Waals surface area contributed by atoms with Gasteiger partial charge < -0.3 is 4.74 Å². The van der Waals surface area contributed by atoms with Crippen LogP contribution in [-0.4, -0.2) is 0 Å². The fourth-order valence-corrected chi connectivity index (χ4v) is 4.85. The minimum atomic E-state index is 0.428. The molecule has 0 radical (unpaired) electrons. The molecule has 2 aromatic rings. The maximum absolute atomic E-state index is 6.38. The molecule has 0 unspecified atom stereocenters. The largest absolute Gasteiger partial charge is 0.453 e. The first kappa shape index (κ1) is 16.9. The zero-order valence-electron chi connectivity index (χ0n) is 11.7. The lowest BCUT2D eigenvalue weighted by Gasteiger charge is -2.26. The van der Waals surface area contributed by atoms with Crippen molar-refractivity contribution >= 4 is 69.8 Å². The van der Waals surface area contributed by atoms with E-state index in [1.54, 1.807) is 6.92 Å². The number of halogens is 5. The third-order valence-corrected chi connectivity index (χ3v) is 7.45. The standard InChI is InChI=1S/C15H9Cl5OS/c1-4-7(16)11(20)15-13(10(4)19)21-12-5(2)8(17)9(18)6(3)14(12)22-15/h1-3H3. The molecule has 1 aliphatic heterocycles. The molecule has 1 aliphatic rings. The summed E-state index contributed by atoms with van der Waals surface area (Å²) in [5, 5.41) is 2.30. The topological polar surface area (TPSA) is 9.23 Å². The summed E-state index contributed by atoms with van der Waals surface area (Å²) in [6, 6.07) is 0. The van der Waals surface area contributed by atoms with Crippen molar-refractivity contribution in [1.82, 2.24) is 0 Å². The number of hydrogen-bond donors (Lipinski definition) is 0. The van der Waals surface area contributed by atoms with E-state index >= 15 is 0 Å². The Hall–Kier alpha value is 0.0400. The lowest BCUT2D eigenvalue weighted by Crippen LogP contribution is -2.03. The maximum atomic E-state index is 6.38. The van der Waals surface area contributed by atoms with Gasteiger partial charge in [-0.15, -0.1) is 0 Å². The van der Waals surface area contributed by atoms with Gasteiger partial charge in [0.05, 0.1) is 34.9 Å². The number of fused-ring (bicyclic) bond motifs is 2. The number of ether oxygens (including phenoxy) is 1. The van der Waals surface area contributed by atoms with Crippen molar-refractivity contribution in [2.45, 2.75) is 30.6 Å². The van der Waals surface area contributed by atoms with Gasteiger partial charge in [0.2, 0.25) is 0 Å². The quantitative estimate of drug-likeness (QED) is 0.343.